The number of morpholine rings is 1. The van der Waals surface area contributed by atoms with Crippen LogP contribution in [0.5, 0.6) is 0 Å². The Kier molecular flexibility index (Phi) is 4.69. The summed E-state index contributed by atoms with van der Waals surface area (Å²) < 4.78 is 17.0. The molecule has 136 valence electrons. The average molecular weight is 372 g/mol. The van der Waals surface area contributed by atoms with Crippen molar-refractivity contribution >= 4 is 27.5 Å². The lowest BCUT2D eigenvalue weighted by Crippen LogP contribution is -2.43. The molecule has 2 aromatic heterocycles. The van der Waals surface area contributed by atoms with E-state index >= 15 is 0 Å². The molecule has 0 saturated carbocycles. The maximum Gasteiger partial charge on any atom is 0.247 e. The van der Waals surface area contributed by atoms with Crippen LogP contribution in [-0.2, 0) is 16.0 Å². The van der Waals surface area contributed by atoms with Gasteiger partial charge in [-0.1, -0.05) is 32.0 Å². The number of benzene rings is 1. The fourth-order valence-electron chi connectivity index (χ4n) is 2.96. The van der Waals surface area contributed by atoms with E-state index < -0.39 is 0 Å². The molecule has 1 fully saturated rings. The van der Waals surface area contributed by atoms with E-state index in [-0.39, 0.29) is 24.3 Å². The van der Waals surface area contributed by atoms with Crippen molar-refractivity contribution in [2.24, 2.45) is 0 Å². The van der Waals surface area contributed by atoms with E-state index in [1.54, 1.807) is 4.90 Å². The van der Waals surface area contributed by atoms with Crippen molar-refractivity contribution in [3.63, 3.8) is 0 Å². The summed E-state index contributed by atoms with van der Waals surface area (Å²) in [7, 11) is 0. The zero-order valence-electron chi connectivity index (χ0n) is 14.7. The molecule has 0 aliphatic carbocycles. The van der Waals surface area contributed by atoms with Gasteiger partial charge in [-0.2, -0.15) is 4.37 Å². The first-order valence-corrected chi connectivity index (χ1v) is 9.45. The number of fused-ring (bicyclic) bond motifs is 1. The molecular weight excluding hydrogens is 352 g/mol. The van der Waals surface area contributed by atoms with E-state index in [4.69, 9.17) is 9.15 Å². The van der Waals surface area contributed by atoms with Crippen LogP contribution < -0.4 is 0 Å². The highest BCUT2D eigenvalue weighted by molar-refractivity contribution is 7.13. The smallest absolute Gasteiger partial charge is 0.247 e. The van der Waals surface area contributed by atoms with Gasteiger partial charge in [0.15, 0.2) is 6.10 Å². The summed E-state index contributed by atoms with van der Waals surface area (Å²) in [6.45, 7) is 5.41. The Balaban J connectivity index is 1.46. The Hall–Kier alpha value is -2.32. The molecule has 1 amide bonds. The minimum atomic E-state index is -0.375. The zero-order valence-corrected chi connectivity index (χ0v) is 15.5. The van der Waals surface area contributed by atoms with Gasteiger partial charge >= 0.3 is 0 Å². The van der Waals surface area contributed by atoms with Crippen LogP contribution in [0, 0.1) is 0 Å². The molecule has 0 spiro atoms. The van der Waals surface area contributed by atoms with Crippen LogP contribution in [0.15, 0.2) is 28.7 Å². The average Bonchev–Trinajstić information content (AvgIpc) is 3.30. The number of carbonyl (C=O) groups is 1. The number of nitrogens with zero attached hydrogens (tertiary/aromatic N) is 4. The van der Waals surface area contributed by atoms with Gasteiger partial charge in [0.25, 0.3) is 0 Å². The van der Waals surface area contributed by atoms with E-state index in [2.05, 4.69) is 14.6 Å². The standard InChI is InChI=1S/C18H20N4O3S/c1-11(2)17-19-20-18(25-17)14-10-22(7-8-24-14)16(23)9-13-12-5-3-4-6-15(12)26-21-13/h3-6,11,14H,7-10H2,1-2H3. The molecule has 0 N–H and O–H groups in total. The quantitative estimate of drug-likeness (QED) is 0.700. The molecule has 1 saturated heterocycles. The molecule has 4 rings (SSSR count). The Morgan fingerprint density at radius 3 is 3.00 bits per heavy atom. The topological polar surface area (TPSA) is 81.4 Å². The number of hydrogen-bond donors (Lipinski definition) is 0. The van der Waals surface area contributed by atoms with Crippen LogP contribution in [0.25, 0.3) is 10.1 Å². The third-order valence-electron chi connectivity index (χ3n) is 4.42. The monoisotopic (exact) mass is 372 g/mol. The number of ether oxygens (including phenoxy) is 1. The highest BCUT2D eigenvalue weighted by Gasteiger charge is 2.30. The minimum Gasteiger partial charge on any atom is -0.422 e. The largest absolute Gasteiger partial charge is 0.422 e. The Morgan fingerprint density at radius 1 is 1.35 bits per heavy atom. The SMILES string of the molecule is CC(C)c1nnc(C2CN(C(=O)Cc3nsc4ccccc34)CCO2)o1. The molecule has 7 nitrogen and oxygen atoms in total. The normalized spacial score (nSPS) is 18.0. The van der Waals surface area contributed by atoms with Gasteiger partial charge in [0, 0.05) is 17.8 Å². The summed E-state index contributed by atoms with van der Waals surface area (Å²) in [4.78, 5) is 14.6. The van der Waals surface area contributed by atoms with Crippen LogP contribution in [0.1, 0.15) is 43.3 Å². The highest BCUT2D eigenvalue weighted by Crippen LogP contribution is 2.26. The summed E-state index contributed by atoms with van der Waals surface area (Å²) in [6, 6.07) is 7.98. The molecule has 0 bridgehead atoms. The summed E-state index contributed by atoms with van der Waals surface area (Å²) in [5, 5.41) is 9.18. The lowest BCUT2D eigenvalue weighted by atomic mass is 10.1. The van der Waals surface area contributed by atoms with Crippen molar-refractivity contribution in [2.45, 2.75) is 32.3 Å². The van der Waals surface area contributed by atoms with Crippen LogP contribution in [0.3, 0.4) is 0 Å². The van der Waals surface area contributed by atoms with Gasteiger partial charge in [0.2, 0.25) is 17.7 Å². The van der Waals surface area contributed by atoms with Gasteiger partial charge in [-0.25, -0.2) is 0 Å². The second-order valence-corrected chi connectivity index (χ2v) is 7.44. The minimum absolute atomic E-state index is 0.0398. The molecule has 1 atom stereocenters. The molecule has 26 heavy (non-hydrogen) atoms. The summed E-state index contributed by atoms with van der Waals surface area (Å²) >= 11 is 1.43. The van der Waals surface area contributed by atoms with Gasteiger partial charge in [-0.05, 0) is 17.6 Å². The van der Waals surface area contributed by atoms with E-state index in [1.165, 1.54) is 11.5 Å². The van der Waals surface area contributed by atoms with Gasteiger partial charge < -0.3 is 14.1 Å². The Bertz CT molecular complexity index is 920. The van der Waals surface area contributed by atoms with Gasteiger partial charge in [-0.3, -0.25) is 4.79 Å². The second kappa shape index (κ2) is 7.13. The molecular formula is C18H20N4O3S. The number of rotatable bonds is 4. The Morgan fingerprint density at radius 2 is 2.19 bits per heavy atom. The van der Waals surface area contributed by atoms with Crippen LogP contribution in [0.4, 0.5) is 0 Å². The number of carbonyl (C=O) groups excluding carboxylic acids is 1. The fraction of sp³-hybridized carbons (Fsp3) is 0.444. The third kappa shape index (κ3) is 3.34. The lowest BCUT2D eigenvalue weighted by molar-refractivity contribution is -0.139. The summed E-state index contributed by atoms with van der Waals surface area (Å²) in [5.41, 5.74) is 0.832. The first-order chi connectivity index (χ1) is 12.6. The molecule has 3 aromatic rings. The second-order valence-electron chi connectivity index (χ2n) is 6.63. The molecule has 3 heterocycles. The molecule has 1 unspecified atom stereocenters. The van der Waals surface area contributed by atoms with Crippen molar-refractivity contribution in [1.82, 2.24) is 19.5 Å². The van der Waals surface area contributed by atoms with Crippen LogP contribution >= 0.6 is 11.5 Å². The predicted molar refractivity (Wildman–Crippen MR) is 97.0 cm³/mol. The Labute approximate surface area is 155 Å². The first kappa shape index (κ1) is 17.1. The fourth-order valence-corrected chi connectivity index (χ4v) is 3.75. The first-order valence-electron chi connectivity index (χ1n) is 8.68. The van der Waals surface area contributed by atoms with Gasteiger partial charge in [-0.15, -0.1) is 10.2 Å². The van der Waals surface area contributed by atoms with E-state index in [1.807, 2.05) is 38.1 Å². The molecule has 1 aromatic carbocycles. The molecule has 1 aliphatic heterocycles. The highest BCUT2D eigenvalue weighted by atomic mass is 32.1. The van der Waals surface area contributed by atoms with Crippen LogP contribution in [-0.4, -0.2) is 45.1 Å². The molecule has 1 aliphatic rings. The summed E-state index contributed by atoms with van der Waals surface area (Å²) in [6.07, 6.45) is -0.0856. The number of amides is 1. The molecule has 8 heteroatoms. The van der Waals surface area contributed by atoms with Gasteiger partial charge in [0.05, 0.1) is 30.0 Å². The number of aromatic nitrogens is 3. The zero-order chi connectivity index (χ0) is 18.1. The maximum atomic E-state index is 12.8. The lowest BCUT2D eigenvalue weighted by Gasteiger charge is -2.31. The predicted octanol–water partition coefficient (Wildman–Crippen LogP) is 2.95. The van der Waals surface area contributed by atoms with E-state index in [9.17, 15) is 4.79 Å². The number of hydrogen-bond acceptors (Lipinski definition) is 7. The van der Waals surface area contributed by atoms with Crippen molar-refractivity contribution in [3.8, 4) is 0 Å². The van der Waals surface area contributed by atoms with Crippen molar-refractivity contribution in [1.29, 1.82) is 0 Å². The van der Waals surface area contributed by atoms with Crippen molar-refractivity contribution in [3.05, 3.63) is 41.7 Å². The summed E-state index contributed by atoms with van der Waals surface area (Å²) in [5.74, 6) is 1.22. The van der Waals surface area contributed by atoms with Crippen molar-refractivity contribution in [2.75, 3.05) is 19.7 Å². The van der Waals surface area contributed by atoms with E-state index in [0.717, 1.165) is 15.8 Å². The van der Waals surface area contributed by atoms with Crippen molar-refractivity contribution < 1.29 is 13.9 Å². The maximum absolute atomic E-state index is 12.8. The van der Waals surface area contributed by atoms with Crippen LogP contribution in [0.2, 0.25) is 0 Å². The van der Waals surface area contributed by atoms with E-state index in [0.29, 0.717) is 31.5 Å². The molecule has 0 radical (unpaired) electrons. The van der Waals surface area contributed by atoms with Gasteiger partial charge in [0.1, 0.15) is 0 Å². The third-order valence-corrected chi connectivity index (χ3v) is 5.28.